The number of aromatic nitrogens is 1. The third kappa shape index (κ3) is 4.11. The summed E-state index contributed by atoms with van der Waals surface area (Å²) < 4.78 is 10.5. The van der Waals surface area contributed by atoms with Gasteiger partial charge in [0.2, 0.25) is 0 Å². The zero-order chi connectivity index (χ0) is 18.5. The Morgan fingerprint density at radius 3 is 2.62 bits per heavy atom. The van der Waals surface area contributed by atoms with Crippen molar-refractivity contribution in [1.29, 1.82) is 0 Å². The molecule has 1 heterocycles. The third-order valence-electron chi connectivity index (χ3n) is 4.04. The standard InChI is InChI=1S/C21H22N2O2S/c1-14-9-10-15(2)19(11-14)25-13-17-7-5-6-8-18(17)21(22-24-4)20-12-16(3)23-26-20/h5-12H,13H2,1-4H3/b22-21-. The highest BCUT2D eigenvalue weighted by Gasteiger charge is 2.15. The fraction of sp³-hybridized carbons (Fsp3) is 0.238. The molecule has 0 aliphatic carbocycles. The minimum Gasteiger partial charge on any atom is -0.489 e. The molecule has 0 unspecified atom stereocenters. The van der Waals surface area contributed by atoms with Crippen LogP contribution in [0.2, 0.25) is 0 Å². The SMILES string of the molecule is CO/N=C(\c1cc(C)ns1)c1ccccc1COc1cc(C)ccc1C. The maximum atomic E-state index is 6.11. The Hall–Kier alpha value is -2.66. The molecule has 0 amide bonds. The molecular weight excluding hydrogens is 344 g/mol. The van der Waals surface area contributed by atoms with E-state index >= 15 is 0 Å². The predicted octanol–water partition coefficient (Wildman–Crippen LogP) is 5.05. The van der Waals surface area contributed by atoms with E-state index in [4.69, 9.17) is 9.57 Å². The molecule has 0 N–H and O–H groups in total. The van der Waals surface area contributed by atoms with E-state index < -0.39 is 0 Å². The lowest BCUT2D eigenvalue weighted by Gasteiger charge is -2.13. The second-order valence-corrected chi connectivity index (χ2v) is 6.97. The first-order chi connectivity index (χ1) is 12.6. The molecule has 3 aromatic rings. The van der Waals surface area contributed by atoms with Crippen LogP contribution < -0.4 is 4.74 Å². The van der Waals surface area contributed by atoms with Crippen molar-refractivity contribution in [1.82, 2.24) is 4.37 Å². The molecular formula is C21H22N2O2S. The van der Waals surface area contributed by atoms with E-state index in [1.54, 1.807) is 7.11 Å². The summed E-state index contributed by atoms with van der Waals surface area (Å²) >= 11 is 1.42. The summed E-state index contributed by atoms with van der Waals surface area (Å²) in [6.45, 7) is 6.55. The zero-order valence-corrected chi connectivity index (χ0v) is 16.3. The Balaban J connectivity index is 1.92. The molecule has 134 valence electrons. The molecule has 26 heavy (non-hydrogen) atoms. The van der Waals surface area contributed by atoms with Gasteiger partial charge in [0.15, 0.2) is 0 Å². The van der Waals surface area contributed by atoms with E-state index in [2.05, 4.69) is 47.6 Å². The summed E-state index contributed by atoms with van der Waals surface area (Å²) in [5, 5.41) is 4.26. The van der Waals surface area contributed by atoms with Crippen molar-refractivity contribution < 1.29 is 9.57 Å². The van der Waals surface area contributed by atoms with E-state index in [0.717, 1.165) is 38.7 Å². The Bertz CT molecular complexity index is 931. The molecule has 0 atom stereocenters. The van der Waals surface area contributed by atoms with Gasteiger partial charge in [-0.25, -0.2) is 0 Å². The first-order valence-corrected chi connectivity index (χ1v) is 9.19. The highest BCUT2D eigenvalue weighted by molar-refractivity contribution is 7.08. The van der Waals surface area contributed by atoms with Crippen molar-refractivity contribution in [3.8, 4) is 5.75 Å². The van der Waals surface area contributed by atoms with Crippen LogP contribution in [0.3, 0.4) is 0 Å². The average Bonchev–Trinajstić information content (AvgIpc) is 3.07. The predicted molar refractivity (Wildman–Crippen MR) is 106 cm³/mol. The van der Waals surface area contributed by atoms with E-state index in [0.29, 0.717) is 6.61 Å². The molecule has 1 aromatic heterocycles. The van der Waals surface area contributed by atoms with Gasteiger partial charge in [0.1, 0.15) is 25.2 Å². The molecule has 5 heteroatoms. The number of nitrogens with zero attached hydrogens (tertiary/aromatic N) is 2. The van der Waals surface area contributed by atoms with Gasteiger partial charge in [-0.15, -0.1) is 0 Å². The molecule has 0 aliphatic heterocycles. The molecule has 3 rings (SSSR count). The summed E-state index contributed by atoms with van der Waals surface area (Å²) in [5.41, 5.74) is 6.09. The van der Waals surface area contributed by atoms with Gasteiger partial charge in [0.05, 0.1) is 10.6 Å². The highest BCUT2D eigenvalue weighted by atomic mass is 32.1. The van der Waals surface area contributed by atoms with Crippen LogP contribution in [0.5, 0.6) is 5.75 Å². The van der Waals surface area contributed by atoms with Gasteiger partial charge in [-0.3, -0.25) is 0 Å². The van der Waals surface area contributed by atoms with Crippen molar-refractivity contribution in [3.63, 3.8) is 0 Å². The highest BCUT2D eigenvalue weighted by Crippen LogP contribution is 2.23. The van der Waals surface area contributed by atoms with Gasteiger partial charge in [-0.2, -0.15) is 4.37 Å². The van der Waals surface area contributed by atoms with Crippen LogP contribution in [0.25, 0.3) is 0 Å². The van der Waals surface area contributed by atoms with Crippen LogP contribution in [0, 0.1) is 20.8 Å². The largest absolute Gasteiger partial charge is 0.489 e. The number of hydrogen-bond acceptors (Lipinski definition) is 5. The Kier molecular flexibility index (Phi) is 5.68. The van der Waals surface area contributed by atoms with E-state index in [-0.39, 0.29) is 0 Å². The lowest BCUT2D eigenvalue weighted by Crippen LogP contribution is -2.08. The summed E-state index contributed by atoms with van der Waals surface area (Å²) in [4.78, 5) is 6.08. The quantitative estimate of drug-likeness (QED) is 0.453. The number of ether oxygens (including phenoxy) is 1. The first-order valence-electron chi connectivity index (χ1n) is 8.41. The number of aryl methyl sites for hydroxylation is 3. The smallest absolute Gasteiger partial charge is 0.129 e. The number of hydrogen-bond donors (Lipinski definition) is 0. The minimum atomic E-state index is 0.459. The van der Waals surface area contributed by atoms with Crippen LogP contribution in [0.1, 0.15) is 32.8 Å². The molecule has 0 fully saturated rings. The van der Waals surface area contributed by atoms with Gasteiger partial charge >= 0.3 is 0 Å². The zero-order valence-electron chi connectivity index (χ0n) is 15.4. The van der Waals surface area contributed by atoms with Gasteiger partial charge in [-0.1, -0.05) is 41.6 Å². The molecule has 0 spiro atoms. The molecule has 0 aliphatic rings. The Labute approximate surface area is 158 Å². The van der Waals surface area contributed by atoms with Crippen molar-refractivity contribution in [2.24, 2.45) is 5.16 Å². The lowest BCUT2D eigenvalue weighted by molar-refractivity contribution is 0.214. The van der Waals surface area contributed by atoms with Gasteiger partial charge in [-0.05, 0) is 61.1 Å². The number of rotatable bonds is 6. The summed E-state index contributed by atoms with van der Waals surface area (Å²) in [6.07, 6.45) is 0. The van der Waals surface area contributed by atoms with Crippen LogP contribution in [-0.2, 0) is 11.4 Å². The maximum Gasteiger partial charge on any atom is 0.129 e. The minimum absolute atomic E-state index is 0.459. The second kappa shape index (κ2) is 8.15. The molecule has 4 nitrogen and oxygen atoms in total. The van der Waals surface area contributed by atoms with Crippen molar-refractivity contribution in [2.45, 2.75) is 27.4 Å². The normalized spacial score (nSPS) is 11.5. The second-order valence-electron chi connectivity index (χ2n) is 6.17. The summed E-state index contributed by atoms with van der Waals surface area (Å²) in [5.74, 6) is 0.902. The fourth-order valence-corrected chi connectivity index (χ4v) is 3.44. The van der Waals surface area contributed by atoms with Crippen LogP contribution >= 0.6 is 11.5 Å². The summed E-state index contributed by atoms with van der Waals surface area (Å²) in [6, 6.07) is 16.3. The monoisotopic (exact) mass is 366 g/mol. The topological polar surface area (TPSA) is 43.7 Å². The van der Waals surface area contributed by atoms with E-state index in [1.807, 2.05) is 31.2 Å². The maximum absolute atomic E-state index is 6.11. The van der Waals surface area contributed by atoms with Crippen molar-refractivity contribution in [3.05, 3.63) is 81.4 Å². The third-order valence-corrected chi connectivity index (χ3v) is 4.93. The average molecular weight is 366 g/mol. The van der Waals surface area contributed by atoms with Crippen LogP contribution in [-0.4, -0.2) is 17.2 Å². The van der Waals surface area contributed by atoms with Gasteiger partial charge < -0.3 is 9.57 Å². The number of oxime groups is 1. The van der Waals surface area contributed by atoms with E-state index in [9.17, 15) is 0 Å². The van der Waals surface area contributed by atoms with Gasteiger partial charge in [0.25, 0.3) is 0 Å². The molecule has 2 aromatic carbocycles. The first kappa shape index (κ1) is 18.1. The van der Waals surface area contributed by atoms with E-state index in [1.165, 1.54) is 17.1 Å². The van der Waals surface area contributed by atoms with Crippen molar-refractivity contribution in [2.75, 3.05) is 7.11 Å². The fourth-order valence-electron chi connectivity index (χ4n) is 2.69. The molecule has 0 bridgehead atoms. The molecule has 0 radical (unpaired) electrons. The molecule has 0 saturated heterocycles. The summed E-state index contributed by atoms with van der Waals surface area (Å²) in [7, 11) is 1.56. The Morgan fingerprint density at radius 2 is 1.88 bits per heavy atom. The van der Waals surface area contributed by atoms with Crippen LogP contribution in [0.4, 0.5) is 0 Å². The molecule has 0 saturated carbocycles. The lowest BCUT2D eigenvalue weighted by atomic mass is 10.0. The van der Waals surface area contributed by atoms with Crippen LogP contribution in [0.15, 0.2) is 53.7 Å². The van der Waals surface area contributed by atoms with Gasteiger partial charge in [0, 0.05) is 5.56 Å². The Morgan fingerprint density at radius 1 is 1.08 bits per heavy atom. The van der Waals surface area contributed by atoms with Crippen molar-refractivity contribution >= 4 is 17.2 Å². The number of benzene rings is 2.